The zero-order valence-electron chi connectivity index (χ0n) is 4.80. The van der Waals surface area contributed by atoms with Gasteiger partial charge >= 0.3 is 0 Å². The number of nitrogens with zero attached hydrogens (tertiary/aromatic N) is 2. The van der Waals surface area contributed by atoms with Crippen LogP contribution >= 0.6 is 12.2 Å². The Morgan fingerprint density at radius 1 is 1.75 bits per heavy atom. The second-order valence-corrected chi connectivity index (χ2v) is 1.81. The first-order chi connectivity index (χ1) is 3.66. The van der Waals surface area contributed by atoms with Crippen LogP contribution in [0.3, 0.4) is 0 Å². The molecule has 0 spiro atoms. The van der Waals surface area contributed by atoms with E-state index in [9.17, 15) is 0 Å². The predicted molar refractivity (Wildman–Crippen MR) is 34.6 cm³/mol. The Kier molecular flexibility index (Phi) is 3.21. The van der Waals surface area contributed by atoms with Gasteiger partial charge in [0.2, 0.25) is 5.11 Å². The highest BCUT2D eigenvalue weighted by Crippen LogP contribution is 1.72. The van der Waals surface area contributed by atoms with E-state index in [0.717, 1.165) is 0 Å². The van der Waals surface area contributed by atoms with Gasteiger partial charge in [0.25, 0.3) is 0 Å². The average molecular weight is 132 g/mol. The van der Waals surface area contributed by atoms with E-state index in [1.54, 1.807) is 19.1 Å². The molecule has 0 radical (unpaired) electrons. The van der Waals surface area contributed by atoms with Crippen molar-refractivity contribution < 1.29 is 0 Å². The maximum atomic E-state index is 6.40. The lowest BCUT2D eigenvalue weighted by molar-refractivity contribution is 0.363. The maximum Gasteiger partial charge on any atom is 0.227 e. The van der Waals surface area contributed by atoms with Gasteiger partial charge in [-0.05, 0) is 12.2 Å². The van der Waals surface area contributed by atoms with Gasteiger partial charge in [-0.1, -0.05) is 0 Å². The number of hydrogen-bond donors (Lipinski definition) is 2. The zero-order chi connectivity index (χ0) is 6.57. The Morgan fingerprint density at radius 3 is 2.38 bits per heavy atom. The summed E-state index contributed by atoms with van der Waals surface area (Å²) in [4.78, 5) is 0. The van der Waals surface area contributed by atoms with Crippen LogP contribution in [0, 0.1) is 5.53 Å². The first-order valence-electron chi connectivity index (χ1n) is 2.02. The maximum absolute atomic E-state index is 6.40. The van der Waals surface area contributed by atoms with E-state index in [2.05, 4.69) is 22.8 Å². The molecule has 0 atom stereocenters. The molecule has 0 aliphatic heterocycles. The Balaban J connectivity index is 3.39. The highest BCUT2D eigenvalue weighted by Gasteiger charge is 1.88. The Hall–Kier alpha value is -0.550. The van der Waals surface area contributed by atoms with Crippen LogP contribution in [-0.2, 0) is 0 Å². The minimum absolute atomic E-state index is 0.176. The van der Waals surface area contributed by atoms with Crippen molar-refractivity contribution in [2.75, 3.05) is 14.1 Å². The number of thiocarbonyl (C=S) groups is 1. The molecule has 0 rings (SSSR count). The van der Waals surface area contributed by atoms with Crippen molar-refractivity contribution in [1.82, 2.24) is 10.4 Å². The molecule has 0 aromatic heterocycles. The summed E-state index contributed by atoms with van der Waals surface area (Å²) in [5.74, 6) is 0. The van der Waals surface area contributed by atoms with Crippen molar-refractivity contribution in [2.24, 2.45) is 5.11 Å². The van der Waals surface area contributed by atoms with E-state index in [-0.39, 0.29) is 5.11 Å². The Morgan fingerprint density at radius 2 is 2.25 bits per heavy atom. The molecule has 0 heterocycles. The van der Waals surface area contributed by atoms with Crippen molar-refractivity contribution in [2.45, 2.75) is 0 Å². The third kappa shape index (κ3) is 3.63. The van der Waals surface area contributed by atoms with Crippen LogP contribution < -0.4 is 5.43 Å². The molecule has 0 amide bonds. The summed E-state index contributed by atoms with van der Waals surface area (Å²) < 4.78 is 0. The molecule has 2 N–H and O–H groups in total. The number of hydrazine groups is 1. The molecule has 0 unspecified atom stereocenters. The topological polar surface area (TPSA) is 51.5 Å². The van der Waals surface area contributed by atoms with E-state index in [1.165, 1.54) is 0 Å². The summed E-state index contributed by atoms with van der Waals surface area (Å²) in [5, 5.41) is 4.76. The van der Waals surface area contributed by atoms with Gasteiger partial charge in [-0.15, -0.1) is 5.11 Å². The van der Waals surface area contributed by atoms with Gasteiger partial charge in [0.1, 0.15) is 0 Å². The van der Waals surface area contributed by atoms with Crippen LogP contribution in [-0.4, -0.2) is 24.2 Å². The molecule has 8 heavy (non-hydrogen) atoms. The van der Waals surface area contributed by atoms with Gasteiger partial charge in [0.15, 0.2) is 0 Å². The van der Waals surface area contributed by atoms with Gasteiger partial charge < -0.3 is 0 Å². The summed E-state index contributed by atoms with van der Waals surface area (Å²) in [5.41, 5.74) is 9.00. The highest BCUT2D eigenvalue weighted by molar-refractivity contribution is 7.80. The second kappa shape index (κ2) is 3.45. The summed E-state index contributed by atoms with van der Waals surface area (Å²) in [6.07, 6.45) is 0. The molecule has 5 heteroatoms. The van der Waals surface area contributed by atoms with Gasteiger partial charge in [0.05, 0.1) is 0 Å². The molecule has 46 valence electrons. The summed E-state index contributed by atoms with van der Waals surface area (Å²) >= 11 is 4.52. The first-order valence-corrected chi connectivity index (χ1v) is 2.43. The van der Waals surface area contributed by atoms with Crippen molar-refractivity contribution in [1.29, 1.82) is 5.53 Å². The van der Waals surface area contributed by atoms with Gasteiger partial charge in [-0.2, -0.15) is 0 Å². The van der Waals surface area contributed by atoms with Crippen LogP contribution in [0.2, 0.25) is 0 Å². The fourth-order valence-electron chi connectivity index (χ4n) is 0.216. The minimum atomic E-state index is 0.176. The molecule has 0 aromatic rings. The Labute approximate surface area is 53.3 Å². The molecule has 4 nitrogen and oxygen atoms in total. The van der Waals surface area contributed by atoms with Crippen molar-refractivity contribution in [3.63, 3.8) is 0 Å². The largest absolute Gasteiger partial charge is 0.293 e. The monoisotopic (exact) mass is 132 g/mol. The lowest BCUT2D eigenvalue weighted by Crippen LogP contribution is -2.33. The summed E-state index contributed by atoms with van der Waals surface area (Å²) in [7, 11) is 3.55. The van der Waals surface area contributed by atoms with E-state index in [1.807, 2.05) is 0 Å². The molecule has 0 fully saturated rings. The molecule has 0 aromatic carbocycles. The minimum Gasteiger partial charge on any atom is -0.293 e. The normalized spacial score (nSPS) is 8.88. The molecule has 0 aliphatic carbocycles. The molecule has 0 saturated carbocycles. The second-order valence-electron chi connectivity index (χ2n) is 1.42. The third-order valence-electron chi connectivity index (χ3n) is 0.421. The first kappa shape index (κ1) is 7.45. The predicted octanol–water partition coefficient (Wildman–Crippen LogP) is 0.368. The SMILES string of the molecule is CN(C)NC(=S)N=N. The summed E-state index contributed by atoms with van der Waals surface area (Å²) in [6.45, 7) is 0. The number of rotatable bonds is 1. The lowest BCUT2D eigenvalue weighted by Gasteiger charge is -2.08. The molecule has 0 bridgehead atoms. The lowest BCUT2D eigenvalue weighted by atomic mass is 11.1. The molecular formula is C3H8N4S. The molecule has 0 saturated heterocycles. The zero-order valence-corrected chi connectivity index (χ0v) is 5.62. The number of hydrogen-bond acceptors (Lipinski definition) is 3. The van der Waals surface area contributed by atoms with Crippen molar-refractivity contribution in [3.8, 4) is 0 Å². The van der Waals surface area contributed by atoms with Crippen LogP contribution in [0.4, 0.5) is 0 Å². The summed E-state index contributed by atoms with van der Waals surface area (Å²) in [6, 6.07) is 0. The quantitative estimate of drug-likeness (QED) is 0.308. The van der Waals surface area contributed by atoms with E-state index in [0.29, 0.717) is 0 Å². The van der Waals surface area contributed by atoms with E-state index < -0.39 is 0 Å². The van der Waals surface area contributed by atoms with Gasteiger partial charge in [-0.3, -0.25) is 5.43 Å². The van der Waals surface area contributed by atoms with Gasteiger partial charge in [-0.25, -0.2) is 10.5 Å². The van der Waals surface area contributed by atoms with Crippen molar-refractivity contribution >= 4 is 17.3 Å². The standard InChI is InChI=1S/C3H8N4S/c1-7(2)6-3(8)5-4/h4H,1-2H3,(H,6,8). The van der Waals surface area contributed by atoms with Crippen molar-refractivity contribution in [3.05, 3.63) is 0 Å². The molecular weight excluding hydrogens is 124 g/mol. The number of nitrogens with one attached hydrogen (secondary N) is 2. The van der Waals surface area contributed by atoms with Gasteiger partial charge in [0, 0.05) is 14.1 Å². The van der Waals surface area contributed by atoms with E-state index in [4.69, 9.17) is 5.53 Å². The molecule has 0 aliphatic rings. The van der Waals surface area contributed by atoms with Crippen LogP contribution in [0.5, 0.6) is 0 Å². The fraction of sp³-hybridized carbons (Fsp3) is 0.667. The van der Waals surface area contributed by atoms with Crippen LogP contribution in [0.1, 0.15) is 0 Å². The fourth-order valence-corrected chi connectivity index (χ4v) is 0.399. The smallest absolute Gasteiger partial charge is 0.227 e. The van der Waals surface area contributed by atoms with Crippen LogP contribution in [0.15, 0.2) is 5.11 Å². The third-order valence-corrected chi connectivity index (χ3v) is 0.603. The average Bonchev–Trinajstić information content (AvgIpc) is 1.65. The Bertz CT molecular complexity index is 99.5. The highest BCUT2D eigenvalue weighted by atomic mass is 32.1. The van der Waals surface area contributed by atoms with Crippen LogP contribution in [0.25, 0.3) is 0 Å². The van der Waals surface area contributed by atoms with E-state index >= 15 is 0 Å².